The Kier molecular flexibility index (Phi) is 10.7. The minimum Gasteiger partial charge on any atom is -0.394 e. The molecular formula is C19H31N11O8. The number of urea groups is 1. The number of rotatable bonds is 4. The van der Waals surface area contributed by atoms with Crippen molar-refractivity contribution in [3.05, 3.63) is 11.9 Å². The van der Waals surface area contributed by atoms with E-state index in [-0.39, 0.29) is 12.4 Å². The van der Waals surface area contributed by atoms with E-state index in [0.717, 1.165) is 6.20 Å². The van der Waals surface area contributed by atoms with Gasteiger partial charge in [-0.1, -0.05) is 0 Å². The highest BCUT2D eigenvalue weighted by Gasteiger charge is 2.34. The molecule has 210 valence electrons. The molecule has 38 heavy (non-hydrogen) atoms. The summed E-state index contributed by atoms with van der Waals surface area (Å²) in [6.07, 6.45) is 0.976. The number of aliphatic hydroxyl groups is 2. The second kappa shape index (κ2) is 13.7. The molecule has 0 spiro atoms. The molecule has 2 rings (SSSR count). The maximum atomic E-state index is 13.1. The third-order valence-corrected chi connectivity index (χ3v) is 5.33. The van der Waals surface area contributed by atoms with Gasteiger partial charge >= 0.3 is 6.03 Å². The molecule has 2 heterocycles. The molecule has 7 amide bonds. The number of hydrogen-bond donors (Lipinski definition) is 12. The predicted molar refractivity (Wildman–Crippen MR) is 128 cm³/mol. The van der Waals surface area contributed by atoms with E-state index in [4.69, 9.17) is 17.2 Å². The third kappa shape index (κ3) is 8.28. The molecule has 0 aromatic carbocycles. The van der Waals surface area contributed by atoms with Crippen molar-refractivity contribution in [1.29, 1.82) is 0 Å². The Labute approximate surface area is 215 Å². The number of aliphatic imine (C=N–C) groups is 1. The molecule has 0 radical (unpaired) electrons. The Morgan fingerprint density at radius 2 is 1.61 bits per heavy atom. The van der Waals surface area contributed by atoms with Crippen LogP contribution >= 0.6 is 0 Å². The Balaban J connectivity index is 2.48. The largest absolute Gasteiger partial charge is 0.394 e. The lowest BCUT2D eigenvalue weighted by atomic mass is 10.0. The molecule has 19 heteroatoms. The highest BCUT2D eigenvalue weighted by atomic mass is 16.3. The van der Waals surface area contributed by atoms with Gasteiger partial charge in [0.25, 0.3) is 5.91 Å². The van der Waals surface area contributed by atoms with Gasteiger partial charge in [-0.05, 0) is 6.42 Å². The first-order valence-corrected chi connectivity index (χ1v) is 11.3. The summed E-state index contributed by atoms with van der Waals surface area (Å²) >= 11 is 0. The molecule has 0 bridgehead atoms. The summed E-state index contributed by atoms with van der Waals surface area (Å²) in [5.74, 6) is -5.04. The fraction of sp³-hybridized carbons (Fsp3) is 0.526. The van der Waals surface area contributed by atoms with E-state index in [2.05, 4.69) is 36.9 Å². The molecule has 15 N–H and O–H groups in total. The molecule has 1 fully saturated rings. The SMILES string of the molecule is NC(=O)N/C=C1\NC(=O)[C@H](CO)NC(=O)[C@H](CO)NC(=O)[C@@H](N)CNC(=O)[C@H]([C@H]2CCNC(N)=N2)NC1=O. The molecule has 1 saturated heterocycles. The Morgan fingerprint density at radius 1 is 0.974 bits per heavy atom. The van der Waals surface area contributed by atoms with Gasteiger partial charge in [0.05, 0.1) is 19.3 Å². The van der Waals surface area contributed by atoms with Gasteiger partial charge in [0.15, 0.2) is 5.96 Å². The number of carbonyl (C=O) groups is 6. The molecule has 0 aromatic rings. The summed E-state index contributed by atoms with van der Waals surface area (Å²) in [5, 5.41) is 35.1. The number of nitrogens with one attached hydrogen (secondary N) is 7. The van der Waals surface area contributed by atoms with E-state index in [0.29, 0.717) is 6.54 Å². The first-order chi connectivity index (χ1) is 18.0. The Morgan fingerprint density at radius 3 is 2.21 bits per heavy atom. The average Bonchev–Trinajstić information content (AvgIpc) is 2.88. The highest BCUT2D eigenvalue weighted by molar-refractivity contribution is 6.02. The summed E-state index contributed by atoms with van der Waals surface area (Å²) in [6, 6.07) is -8.01. The predicted octanol–water partition coefficient (Wildman–Crippen LogP) is -7.82. The number of primary amides is 1. The zero-order chi connectivity index (χ0) is 28.4. The van der Waals surface area contributed by atoms with Crippen molar-refractivity contribution in [2.75, 3.05) is 26.3 Å². The van der Waals surface area contributed by atoms with Gasteiger partial charge in [0, 0.05) is 19.3 Å². The lowest BCUT2D eigenvalue weighted by Crippen LogP contribution is -2.61. The van der Waals surface area contributed by atoms with Gasteiger partial charge in [0.2, 0.25) is 23.6 Å². The Bertz CT molecular complexity index is 1020. The van der Waals surface area contributed by atoms with E-state index >= 15 is 0 Å². The van der Waals surface area contributed by atoms with E-state index in [1.807, 2.05) is 5.32 Å². The number of hydrogen-bond acceptors (Lipinski definition) is 12. The molecule has 2 aliphatic heterocycles. The van der Waals surface area contributed by atoms with Gasteiger partial charge in [-0.25, -0.2) is 9.79 Å². The van der Waals surface area contributed by atoms with Crippen LogP contribution in [0, 0.1) is 0 Å². The van der Waals surface area contributed by atoms with Crippen LogP contribution in [0.2, 0.25) is 0 Å². The van der Waals surface area contributed by atoms with Gasteiger partial charge < -0.3 is 64.6 Å². The van der Waals surface area contributed by atoms with Crippen molar-refractivity contribution < 1.29 is 39.0 Å². The first kappa shape index (κ1) is 29.7. The van der Waals surface area contributed by atoms with Crippen molar-refractivity contribution in [2.45, 2.75) is 36.6 Å². The van der Waals surface area contributed by atoms with Crippen molar-refractivity contribution in [1.82, 2.24) is 37.2 Å². The minimum atomic E-state index is -1.67. The zero-order valence-electron chi connectivity index (χ0n) is 20.0. The smallest absolute Gasteiger partial charge is 0.316 e. The molecular weight excluding hydrogens is 510 g/mol. The second-order valence-electron chi connectivity index (χ2n) is 8.14. The molecule has 2 aliphatic rings. The number of amides is 7. The quantitative estimate of drug-likeness (QED) is 0.148. The molecule has 0 aromatic heterocycles. The summed E-state index contributed by atoms with van der Waals surface area (Å²) in [7, 11) is 0. The summed E-state index contributed by atoms with van der Waals surface area (Å²) in [6.45, 7) is -1.99. The third-order valence-electron chi connectivity index (χ3n) is 5.33. The summed E-state index contributed by atoms with van der Waals surface area (Å²) in [5.41, 5.74) is 15.9. The number of carbonyl (C=O) groups excluding carboxylic acids is 6. The summed E-state index contributed by atoms with van der Waals surface area (Å²) < 4.78 is 0. The van der Waals surface area contributed by atoms with Gasteiger partial charge in [0.1, 0.15) is 29.9 Å². The molecule has 0 aliphatic carbocycles. The van der Waals surface area contributed by atoms with E-state index in [1.165, 1.54) is 0 Å². The first-order valence-electron chi connectivity index (χ1n) is 11.3. The van der Waals surface area contributed by atoms with Crippen LogP contribution in [-0.4, -0.2) is 108 Å². The van der Waals surface area contributed by atoms with Crippen molar-refractivity contribution in [3.63, 3.8) is 0 Å². The van der Waals surface area contributed by atoms with Crippen LogP contribution in [0.25, 0.3) is 0 Å². The fourth-order valence-electron chi connectivity index (χ4n) is 3.31. The van der Waals surface area contributed by atoms with Gasteiger partial charge in [-0.3, -0.25) is 24.0 Å². The lowest BCUT2D eigenvalue weighted by molar-refractivity contribution is -0.134. The standard InChI is InChI=1S/C19H31N11O8/c20-7-3-24-17(37)12(8-1-2-23-18(21)29-8)30-14(34)9(4-25-19(22)38)26-15(35)11(6-32)28-16(36)10(5-31)27-13(7)33/h4,7-8,10-12,31-32H,1-3,5-6,20H2,(H,24,37)(H,26,35)(H,27,33)(H,28,36)(H,30,34)(H3,21,23,29)(H3,22,25,38)/b9-4-/t7-,8+,10-,11-,12-/m0/s1. The van der Waals surface area contributed by atoms with Crippen LogP contribution in [-0.2, 0) is 24.0 Å². The van der Waals surface area contributed by atoms with Crippen LogP contribution in [0.3, 0.4) is 0 Å². The van der Waals surface area contributed by atoms with Crippen LogP contribution in [0.5, 0.6) is 0 Å². The zero-order valence-corrected chi connectivity index (χ0v) is 20.0. The van der Waals surface area contributed by atoms with E-state index in [9.17, 15) is 39.0 Å². The van der Waals surface area contributed by atoms with Crippen LogP contribution < -0.4 is 54.4 Å². The van der Waals surface area contributed by atoms with Crippen molar-refractivity contribution >= 4 is 41.5 Å². The number of aliphatic hydroxyl groups excluding tert-OH is 2. The maximum Gasteiger partial charge on any atom is 0.316 e. The van der Waals surface area contributed by atoms with E-state index in [1.54, 1.807) is 0 Å². The number of nitrogens with two attached hydrogens (primary N) is 3. The van der Waals surface area contributed by atoms with Crippen molar-refractivity contribution in [3.8, 4) is 0 Å². The lowest BCUT2D eigenvalue weighted by Gasteiger charge is -2.29. The number of nitrogens with zero attached hydrogens (tertiary/aromatic N) is 1. The van der Waals surface area contributed by atoms with E-state index < -0.39 is 91.2 Å². The summed E-state index contributed by atoms with van der Waals surface area (Å²) in [4.78, 5) is 79.1. The molecule has 5 atom stereocenters. The second-order valence-corrected chi connectivity index (χ2v) is 8.14. The van der Waals surface area contributed by atoms with Crippen molar-refractivity contribution in [2.24, 2.45) is 22.2 Å². The fourth-order valence-corrected chi connectivity index (χ4v) is 3.31. The maximum absolute atomic E-state index is 13.1. The van der Waals surface area contributed by atoms with Gasteiger partial charge in [-0.2, -0.15) is 0 Å². The number of guanidine groups is 1. The minimum absolute atomic E-state index is 0.00237. The Hall–Kier alpha value is -4.49. The van der Waals surface area contributed by atoms with Crippen LogP contribution in [0.1, 0.15) is 6.42 Å². The highest BCUT2D eigenvalue weighted by Crippen LogP contribution is 2.09. The molecule has 0 unspecified atom stereocenters. The van der Waals surface area contributed by atoms with Crippen LogP contribution in [0.15, 0.2) is 16.9 Å². The van der Waals surface area contributed by atoms with Crippen LogP contribution in [0.4, 0.5) is 4.79 Å². The molecule has 19 nitrogen and oxygen atoms in total. The monoisotopic (exact) mass is 541 g/mol. The molecule has 0 saturated carbocycles. The normalized spacial score (nSPS) is 29.0. The van der Waals surface area contributed by atoms with Gasteiger partial charge in [-0.15, -0.1) is 0 Å². The topological polar surface area (TPSA) is 318 Å². The average molecular weight is 542 g/mol.